The number of rotatable bonds is 6. The Morgan fingerprint density at radius 2 is 1.91 bits per heavy atom. The third-order valence-electron chi connectivity index (χ3n) is 6.05. The molecule has 178 valence electrons. The Bertz CT molecular complexity index is 1150. The summed E-state index contributed by atoms with van der Waals surface area (Å²) in [7, 11) is -3.80. The van der Waals surface area contributed by atoms with Gasteiger partial charge in [0.25, 0.3) is 11.8 Å². The lowest BCUT2D eigenvalue weighted by Gasteiger charge is -2.40. The smallest absolute Gasteiger partial charge is 0.263 e. The Balaban J connectivity index is 1.41. The summed E-state index contributed by atoms with van der Waals surface area (Å²) in [4.78, 5) is 23.2. The summed E-state index contributed by atoms with van der Waals surface area (Å²) in [6.45, 7) is 3.11. The van der Waals surface area contributed by atoms with Crippen molar-refractivity contribution in [3.63, 3.8) is 0 Å². The van der Waals surface area contributed by atoms with E-state index in [9.17, 15) is 17.6 Å². The fourth-order valence-electron chi connectivity index (χ4n) is 4.49. The molecule has 1 amide bonds. The lowest BCUT2D eigenvalue weighted by Crippen LogP contribution is -2.55. The summed E-state index contributed by atoms with van der Waals surface area (Å²) >= 11 is 5.72. The molecule has 4 heterocycles. The van der Waals surface area contributed by atoms with Crippen molar-refractivity contribution in [2.75, 3.05) is 4.90 Å². The number of carbonyl (C=O) groups excluding carboxylic acids is 1. The van der Waals surface area contributed by atoms with Crippen LogP contribution in [0.5, 0.6) is 5.88 Å². The van der Waals surface area contributed by atoms with E-state index in [2.05, 4.69) is 20.2 Å². The zero-order chi connectivity index (χ0) is 24.0. The number of fused-ring (bicyclic) bond motifs is 2. The molecule has 2 bridgehead atoms. The van der Waals surface area contributed by atoms with Crippen LogP contribution < -0.4 is 20.1 Å². The van der Waals surface area contributed by atoms with Crippen LogP contribution in [-0.4, -0.2) is 48.0 Å². The quantitative estimate of drug-likeness (QED) is 0.627. The molecule has 0 radical (unpaired) electrons. The predicted molar refractivity (Wildman–Crippen MR) is 120 cm³/mol. The number of nitrogens with one attached hydrogen (secondary N) is 1. The average Bonchev–Trinajstić information content (AvgIpc) is 3.00. The van der Waals surface area contributed by atoms with Crippen molar-refractivity contribution in [2.45, 2.75) is 68.2 Å². The molecule has 33 heavy (non-hydrogen) atoms. The molecule has 0 aliphatic carbocycles. The summed E-state index contributed by atoms with van der Waals surface area (Å²) in [5, 5.41) is 8.32. The Labute approximate surface area is 196 Å². The summed E-state index contributed by atoms with van der Waals surface area (Å²) in [6.07, 6.45) is 5.80. The Kier molecular flexibility index (Phi) is 6.23. The van der Waals surface area contributed by atoms with Crippen LogP contribution in [0.1, 0.15) is 39.5 Å². The standard InChI is InChI=1S/C21H25ClFN5O4S/c1-21(2,32-19-17(23)7-12(22)10-26-19)20(29)27-13-8-14-3-4-15(9-13)28(14)18-6-5-16(11-25-18)33(24,30)31/h5-7,10-11,13-15H,3-4,8-9H2,1-2H3,(H,27,29)(H2,24,30,31)/t13?,14-,15+. The molecule has 0 spiro atoms. The van der Waals surface area contributed by atoms with E-state index in [1.165, 1.54) is 18.5 Å². The van der Waals surface area contributed by atoms with Crippen LogP contribution in [0.15, 0.2) is 35.5 Å². The first kappa shape index (κ1) is 23.7. The Morgan fingerprint density at radius 3 is 2.45 bits per heavy atom. The van der Waals surface area contributed by atoms with E-state index in [-0.39, 0.29) is 39.8 Å². The van der Waals surface area contributed by atoms with Crippen molar-refractivity contribution in [2.24, 2.45) is 5.14 Å². The number of ether oxygens (including phenoxy) is 1. The van der Waals surface area contributed by atoms with Gasteiger partial charge in [0.05, 0.1) is 5.02 Å². The number of amides is 1. The largest absolute Gasteiger partial charge is 0.459 e. The average molecular weight is 498 g/mol. The van der Waals surface area contributed by atoms with Gasteiger partial charge in [0, 0.05) is 30.5 Å². The number of nitrogens with zero attached hydrogens (tertiary/aromatic N) is 3. The number of aromatic nitrogens is 2. The molecule has 0 saturated carbocycles. The number of pyridine rings is 2. The van der Waals surface area contributed by atoms with Crippen molar-refractivity contribution >= 4 is 33.3 Å². The van der Waals surface area contributed by atoms with E-state index in [0.29, 0.717) is 18.7 Å². The highest BCUT2D eigenvalue weighted by Gasteiger charge is 2.43. The molecular formula is C21H25ClFN5O4S. The Hall–Kier alpha value is -2.50. The second-order valence-corrected chi connectivity index (χ2v) is 10.9. The third kappa shape index (κ3) is 5.04. The van der Waals surface area contributed by atoms with Gasteiger partial charge in [-0.2, -0.15) is 0 Å². The van der Waals surface area contributed by atoms with Crippen LogP contribution in [0, 0.1) is 5.82 Å². The zero-order valence-corrected chi connectivity index (χ0v) is 19.7. The third-order valence-corrected chi connectivity index (χ3v) is 7.16. The zero-order valence-electron chi connectivity index (χ0n) is 18.2. The maximum Gasteiger partial charge on any atom is 0.263 e. The highest BCUT2D eigenvalue weighted by Crippen LogP contribution is 2.39. The van der Waals surface area contributed by atoms with Crippen LogP contribution >= 0.6 is 11.6 Å². The lowest BCUT2D eigenvalue weighted by atomic mass is 9.96. The first-order valence-electron chi connectivity index (χ1n) is 10.5. The molecule has 0 aromatic carbocycles. The van der Waals surface area contributed by atoms with E-state index < -0.39 is 21.4 Å². The second kappa shape index (κ2) is 8.69. The van der Waals surface area contributed by atoms with Crippen LogP contribution in [-0.2, 0) is 14.8 Å². The lowest BCUT2D eigenvalue weighted by molar-refractivity contribution is -0.135. The summed E-state index contributed by atoms with van der Waals surface area (Å²) in [5.41, 5.74) is -1.34. The van der Waals surface area contributed by atoms with Crippen LogP contribution in [0.4, 0.5) is 10.2 Å². The van der Waals surface area contributed by atoms with Gasteiger partial charge in [0.15, 0.2) is 11.4 Å². The predicted octanol–water partition coefficient (Wildman–Crippen LogP) is 2.39. The molecule has 3 atom stereocenters. The number of piperidine rings is 1. The molecule has 2 aliphatic heterocycles. The van der Waals surface area contributed by atoms with Gasteiger partial charge in [-0.1, -0.05) is 11.6 Å². The molecule has 2 aliphatic rings. The van der Waals surface area contributed by atoms with E-state index in [1.54, 1.807) is 19.9 Å². The normalized spacial score (nSPS) is 22.8. The molecule has 2 fully saturated rings. The summed E-state index contributed by atoms with van der Waals surface area (Å²) < 4.78 is 42.6. The van der Waals surface area contributed by atoms with Crippen molar-refractivity contribution in [1.82, 2.24) is 15.3 Å². The maximum atomic E-state index is 14.1. The molecule has 2 aromatic rings. The number of nitrogens with two attached hydrogens (primary N) is 1. The molecule has 2 aromatic heterocycles. The fourth-order valence-corrected chi connectivity index (χ4v) is 5.09. The fraction of sp³-hybridized carbons (Fsp3) is 0.476. The van der Waals surface area contributed by atoms with Gasteiger partial charge in [0.2, 0.25) is 10.0 Å². The number of carbonyl (C=O) groups is 1. The first-order chi connectivity index (χ1) is 15.4. The van der Waals surface area contributed by atoms with Crippen LogP contribution in [0.25, 0.3) is 0 Å². The van der Waals surface area contributed by atoms with Crippen LogP contribution in [0.2, 0.25) is 5.02 Å². The van der Waals surface area contributed by atoms with Gasteiger partial charge in [-0.25, -0.2) is 27.9 Å². The molecule has 2 saturated heterocycles. The maximum absolute atomic E-state index is 14.1. The van der Waals surface area contributed by atoms with Crippen molar-refractivity contribution < 1.29 is 22.3 Å². The molecule has 4 rings (SSSR count). The highest BCUT2D eigenvalue weighted by molar-refractivity contribution is 7.89. The van der Waals surface area contributed by atoms with Gasteiger partial charge in [0.1, 0.15) is 10.7 Å². The van der Waals surface area contributed by atoms with Crippen molar-refractivity contribution in [1.29, 1.82) is 0 Å². The van der Waals surface area contributed by atoms with Gasteiger partial charge in [-0.3, -0.25) is 4.79 Å². The van der Waals surface area contributed by atoms with Gasteiger partial charge < -0.3 is 15.0 Å². The van der Waals surface area contributed by atoms with Gasteiger partial charge in [-0.15, -0.1) is 0 Å². The monoisotopic (exact) mass is 497 g/mol. The molecular weight excluding hydrogens is 473 g/mol. The van der Waals surface area contributed by atoms with E-state index in [0.717, 1.165) is 18.9 Å². The molecule has 12 heteroatoms. The summed E-state index contributed by atoms with van der Waals surface area (Å²) in [5.74, 6) is -0.709. The number of hydrogen-bond acceptors (Lipinski definition) is 7. The summed E-state index contributed by atoms with van der Waals surface area (Å²) in [6, 6.07) is 4.42. The Morgan fingerprint density at radius 1 is 1.24 bits per heavy atom. The van der Waals surface area contributed by atoms with Gasteiger partial charge >= 0.3 is 0 Å². The van der Waals surface area contributed by atoms with Gasteiger partial charge in [-0.05, 0) is 57.7 Å². The number of halogens is 2. The van der Waals surface area contributed by atoms with Crippen molar-refractivity contribution in [3.8, 4) is 5.88 Å². The van der Waals surface area contributed by atoms with Crippen LogP contribution in [0.3, 0.4) is 0 Å². The SMILES string of the molecule is CC(C)(Oc1ncc(Cl)cc1F)C(=O)NC1C[C@H]2CC[C@@H](C1)N2c1ccc(S(N)(=O)=O)cn1. The topological polar surface area (TPSA) is 128 Å². The van der Waals surface area contributed by atoms with E-state index in [1.807, 2.05) is 0 Å². The minimum absolute atomic E-state index is 0.0328. The van der Waals surface area contributed by atoms with Crippen molar-refractivity contribution in [3.05, 3.63) is 41.4 Å². The molecule has 1 unspecified atom stereocenters. The number of hydrogen-bond donors (Lipinski definition) is 2. The molecule has 3 N–H and O–H groups in total. The minimum Gasteiger partial charge on any atom is -0.459 e. The number of anilines is 1. The second-order valence-electron chi connectivity index (χ2n) is 8.88. The van der Waals surface area contributed by atoms with E-state index in [4.69, 9.17) is 21.5 Å². The highest BCUT2D eigenvalue weighted by atomic mass is 35.5. The molecule has 9 nitrogen and oxygen atoms in total. The first-order valence-corrected chi connectivity index (χ1v) is 12.4. The van der Waals surface area contributed by atoms with E-state index >= 15 is 0 Å². The number of primary sulfonamides is 1. The minimum atomic E-state index is -3.80. The number of sulfonamides is 1.